The molecule has 0 spiro atoms. The van der Waals surface area contributed by atoms with E-state index < -0.39 is 0 Å². The summed E-state index contributed by atoms with van der Waals surface area (Å²) in [5, 5.41) is 7.07. The second kappa shape index (κ2) is 6.30. The van der Waals surface area contributed by atoms with E-state index in [1.54, 1.807) is 12.1 Å². The van der Waals surface area contributed by atoms with Gasteiger partial charge in [-0.1, -0.05) is 33.2 Å². The van der Waals surface area contributed by atoms with Gasteiger partial charge in [0.05, 0.1) is 0 Å². The van der Waals surface area contributed by atoms with Crippen molar-refractivity contribution in [1.29, 1.82) is 0 Å². The third kappa shape index (κ3) is 3.40. The van der Waals surface area contributed by atoms with Crippen LogP contribution in [-0.2, 0) is 11.8 Å². The van der Waals surface area contributed by atoms with Crippen molar-refractivity contribution < 1.29 is 9.32 Å². The number of hydrogen-bond acceptors (Lipinski definition) is 4. The van der Waals surface area contributed by atoms with E-state index in [0.717, 1.165) is 10.9 Å². The highest BCUT2D eigenvalue weighted by Gasteiger charge is 2.05. The number of amides is 1. The summed E-state index contributed by atoms with van der Waals surface area (Å²) in [7, 11) is 0. The van der Waals surface area contributed by atoms with Gasteiger partial charge in [0.1, 0.15) is 0 Å². The number of hydrogen-bond donors (Lipinski definition) is 1. The number of carbonyl (C=O) groups excluding carboxylic acids is 1. The van der Waals surface area contributed by atoms with Gasteiger partial charge in [0.15, 0.2) is 6.33 Å². The van der Waals surface area contributed by atoms with Crippen LogP contribution in [0, 0.1) is 0 Å². The number of nitrogens with zero attached hydrogens (tertiary/aromatic N) is 2. The SMILES string of the molecule is O=C(NCCc1ncno1)c1ccc(CBr)cc1. The first-order chi connectivity index (χ1) is 8.79. The Labute approximate surface area is 113 Å². The molecule has 2 rings (SSSR count). The Morgan fingerprint density at radius 1 is 1.33 bits per heavy atom. The Bertz CT molecular complexity index is 497. The molecule has 5 nitrogen and oxygen atoms in total. The van der Waals surface area contributed by atoms with Crippen LogP contribution >= 0.6 is 15.9 Å². The Morgan fingerprint density at radius 3 is 2.72 bits per heavy atom. The molecule has 1 aromatic carbocycles. The molecule has 2 aromatic rings. The lowest BCUT2D eigenvalue weighted by Crippen LogP contribution is -2.25. The van der Waals surface area contributed by atoms with Crippen molar-refractivity contribution in [2.45, 2.75) is 11.8 Å². The normalized spacial score (nSPS) is 10.3. The molecular weight excluding hydrogens is 298 g/mol. The molecule has 0 saturated carbocycles. The Kier molecular flexibility index (Phi) is 4.46. The summed E-state index contributed by atoms with van der Waals surface area (Å²) in [4.78, 5) is 15.7. The average molecular weight is 310 g/mol. The number of carbonyl (C=O) groups is 1. The van der Waals surface area contributed by atoms with Crippen molar-refractivity contribution in [1.82, 2.24) is 15.5 Å². The van der Waals surface area contributed by atoms with Gasteiger partial charge in [-0.3, -0.25) is 4.79 Å². The number of alkyl halides is 1. The molecule has 94 valence electrons. The van der Waals surface area contributed by atoms with Gasteiger partial charge >= 0.3 is 0 Å². The lowest BCUT2D eigenvalue weighted by Gasteiger charge is -2.04. The first kappa shape index (κ1) is 12.8. The fraction of sp³-hybridized carbons (Fsp3) is 0.250. The van der Waals surface area contributed by atoms with Gasteiger partial charge in [0.25, 0.3) is 5.91 Å². The summed E-state index contributed by atoms with van der Waals surface area (Å²) in [6.45, 7) is 0.473. The summed E-state index contributed by atoms with van der Waals surface area (Å²) in [6.07, 6.45) is 1.88. The van der Waals surface area contributed by atoms with Gasteiger partial charge in [-0.25, -0.2) is 0 Å². The van der Waals surface area contributed by atoms with Crippen LogP contribution in [0.15, 0.2) is 35.1 Å². The first-order valence-corrected chi connectivity index (χ1v) is 6.60. The smallest absolute Gasteiger partial charge is 0.251 e. The van der Waals surface area contributed by atoms with Crippen LogP contribution in [0.1, 0.15) is 21.8 Å². The predicted octanol–water partition coefficient (Wildman–Crippen LogP) is 1.94. The molecule has 0 aliphatic rings. The van der Waals surface area contributed by atoms with Crippen LogP contribution in [0.4, 0.5) is 0 Å². The van der Waals surface area contributed by atoms with Crippen molar-refractivity contribution >= 4 is 21.8 Å². The molecule has 0 saturated heterocycles. The maximum atomic E-state index is 11.8. The van der Waals surface area contributed by atoms with Gasteiger partial charge < -0.3 is 9.84 Å². The van der Waals surface area contributed by atoms with Gasteiger partial charge in [0, 0.05) is 23.9 Å². The van der Waals surface area contributed by atoms with E-state index >= 15 is 0 Å². The molecule has 0 atom stereocenters. The van der Waals surface area contributed by atoms with Gasteiger partial charge in [-0.2, -0.15) is 4.98 Å². The number of rotatable bonds is 5. The molecule has 0 aliphatic carbocycles. The summed E-state index contributed by atoms with van der Waals surface area (Å²) >= 11 is 3.36. The number of benzene rings is 1. The fourth-order valence-electron chi connectivity index (χ4n) is 1.44. The zero-order valence-corrected chi connectivity index (χ0v) is 11.2. The van der Waals surface area contributed by atoms with Crippen LogP contribution in [0.5, 0.6) is 0 Å². The van der Waals surface area contributed by atoms with Crippen molar-refractivity contribution in [3.63, 3.8) is 0 Å². The van der Waals surface area contributed by atoms with Crippen LogP contribution < -0.4 is 5.32 Å². The van der Waals surface area contributed by atoms with Crippen molar-refractivity contribution in [2.24, 2.45) is 0 Å². The highest BCUT2D eigenvalue weighted by atomic mass is 79.9. The molecule has 0 bridgehead atoms. The van der Waals surface area contributed by atoms with Crippen molar-refractivity contribution in [3.8, 4) is 0 Å². The van der Waals surface area contributed by atoms with Crippen LogP contribution in [0.2, 0.25) is 0 Å². The van der Waals surface area contributed by atoms with E-state index in [9.17, 15) is 4.79 Å². The average Bonchev–Trinajstić information content (AvgIpc) is 2.92. The maximum absolute atomic E-state index is 11.8. The second-order valence-corrected chi connectivity index (χ2v) is 4.23. The number of nitrogens with one attached hydrogen (secondary N) is 1. The number of halogens is 1. The molecule has 1 heterocycles. The zero-order chi connectivity index (χ0) is 12.8. The Balaban J connectivity index is 1.83. The lowest BCUT2D eigenvalue weighted by atomic mass is 10.1. The van der Waals surface area contributed by atoms with Crippen molar-refractivity contribution in [2.75, 3.05) is 6.54 Å². The van der Waals surface area contributed by atoms with E-state index in [2.05, 4.69) is 31.4 Å². The summed E-state index contributed by atoms with van der Waals surface area (Å²) in [6, 6.07) is 7.45. The monoisotopic (exact) mass is 309 g/mol. The summed E-state index contributed by atoms with van der Waals surface area (Å²) in [5.74, 6) is 0.417. The predicted molar refractivity (Wildman–Crippen MR) is 69.4 cm³/mol. The highest BCUT2D eigenvalue weighted by Crippen LogP contribution is 2.07. The highest BCUT2D eigenvalue weighted by molar-refractivity contribution is 9.08. The Hall–Kier alpha value is -1.69. The topological polar surface area (TPSA) is 68.0 Å². The summed E-state index contributed by atoms with van der Waals surface area (Å²) in [5.41, 5.74) is 1.78. The molecule has 0 fully saturated rings. The molecule has 6 heteroatoms. The minimum Gasteiger partial charge on any atom is -0.352 e. The Morgan fingerprint density at radius 2 is 2.11 bits per heavy atom. The lowest BCUT2D eigenvalue weighted by molar-refractivity contribution is 0.0953. The van der Waals surface area contributed by atoms with E-state index in [-0.39, 0.29) is 5.91 Å². The molecule has 1 N–H and O–H groups in total. The standard InChI is InChI=1S/C12H12BrN3O2/c13-7-9-1-3-10(4-2-9)12(17)14-6-5-11-15-8-16-18-11/h1-4,8H,5-7H2,(H,14,17). The molecule has 0 radical (unpaired) electrons. The minimum atomic E-state index is -0.101. The second-order valence-electron chi connectivity index (χ2n) is 3.67. The van der Waals surface area contributed by atoms with E-state index in [1.165, 1.54) is 6.33 Å². The van der Waals surface area contributed by atoms with Gasteiger partial charge in [-0.15, -0.1) is 0 Å². The van der Waals surface area contributed by atoms with Gasteiger partial charge in [-0.05, 0) is 17.7 Å². The molecule has 1 amide bonds. The van der Waals surface area contributed by atoms with Crippen LogP contribution in [-0.4, -0.2) is 22.6 Å². The minimum absolute atomic E-state index is 0.101. The van der Waals surface area contributed by atoms with Crippen molar-refractivity contribution in [3.05, 3.63) is 47.6 Å². The maximum Gasteiger partial charge on any atom is 0.251 e. The molecule has 0 unspecified atom stereocenters. The largest absolute Gasteiger partial charge is 0.352 e. The molecule has 18 heavy (non-hydrogen) atoms. The third-order valence-corrected chi connectivity index (χ3v) is 3.05. The molecule has 0 aliphatic heterocycles. The van der Waals surface area contributed by atoms with Crippen LogP contribution in [0.3, 0.4) is 0 Å². The third-order valence-electron chi connectivity index (χ3n) is 2.40. The van der Waals surface area contributed by atoms with Crippen LogP contribution in [0.25, 0.3) is 0 Å². The summed E-state index contributed by atoms with van der Waals surface area (Å²) < 4.78 is 4.83. The fourth-order valence-corrected chi connectivity index (χ4v) is 1.81. The van der Waals surface area contributed by atoms with E-state index in [4.69, 9.17) is 4.52 Å². The number of aromatic nitrogens is 2. The zero-order valence-electron chi connectivity index (χ0n) is 9.60. The quantitative estimate of drug-likeness (QED) is 0.857. The molecular formula is C12H12BrN3O2. The first-order valence-electron chi connectivity index (χ1n) is 5.48. The van der Waals surface area contributed by atoms with E-state index in [1.807, 2.05) is 12.1 Å². The van der Waals surface area contributed by atoms with Gasteiger partial charge in [0.2, 0.25) is 5.89 Å². The molecule has 1 aromatic heterocycles. The van der Waals surface area contributed by atoms with E-state index in [0.29, 0.717) is 24.4 Å².